The summed E-state index contributed by atoms with van der Waals surface area (Å²) in [6, 6.07) is 3.67. The number of hydrogen-bond acceptors (Lipinski definition) is 6. The lowest BCUT2D eigenvalue weighted by atomic mass is 9.85. The second-order valence-electron chi connectivity index (χ2n) is 6.15. The maximum Gasteiger partial charge on any atom is 0.0774 e. The van der Waals surface area contributed by atoms with Crippen molar-refractivity contribution in [2.75, 3.05) is 18.9 Å². The topological polar surface area (TPSA) is 119 Å². The summed E-state index contributed by atoms with van der Waals surface area (Å²) >= 11 is 0. The van der Waals surface area contributed by atoms with Gasteiger partial charge in [-0.3, -0.25) is 0 Å². The summed E-state index contributed by atoms with van der Waals surface area (Å²) < 4.78 is 0. The average Bonchev–Trinajstić information content (AvgIpc) is 2.65. The Morgan fingerprint density at radius 2 is 2.00 bits per heavy atom. The van der Waals surface area contributed by atoms with Crippen LogP contribution in [0.2, 0.25) is 0 Å². The molecule has 1 aromatic carbocycles. The van der Waals surface area contributed by atoms with E-state index in [1.54, 1.807) is 12.3 Å². The highest BCUT2D eigenvalue weighted by Crippen LogP contribution is 2.35. The van der Waals surface area contributed by atoms with E-state index in [2.05, 4.69) is 5.32 Å². The third kappa shape index (κ3) is 3.13. The van der Waals surface area contributed by atoms with Gasteiger partial charge in [0.15, 0.2) is 0 Å². The van der Waals surface area contributed by atoms with Gasteiger partial charge in [-0.2, -0.15) is 0 Å². The molecule has 0 atom stereocenters. The van der Waals surface area contributed by atoms with E-state index in [-0.39, 0.29) is 6.61 Å². The average molecular weight is 337 g/mol. The quantitative estimate of drug-likeness (QED) is 0.315. The van der Waals surface area contributed by atoms with Crippen LogP contribution in [0.3, 0.4) is 0 Å². The monoisotopic (exact) mass is 337 g/mol. The number of fused-ring (bicyclic) bond motifs is 3. The molecule has 0 amide bonds. The lowest BCUT2D eigenvalue weighted by Gasteiger charge is -2.23. The maximum atomic E-state index is 8.94. The van der Waals surface area contributed by atoms with Gasteiger partial charge in [-0.1, -0.05) is 0 Å². The Morgan fingerprint density at radius 3 is 2.68 bits per heavy atom. The molecule has 0 saturated carbocycles. The van der Waals surface area contributed by atoms with Crippen LogP contribution in [0, 0.1) is 10.8 Å². The molecule has 0 spiro atoms. The Bertz CT molecular complexity index is 857. The molecule has 1 aromatic heterocycles. The molecule has 0 unspecified atom stereocenters. The number of pyridine rings is 1. The van der Waals surface area contributed by atoms with Crippen LogP contribution in [0.15, 0.2) is 18.3 Å². The van der Waals surface area contributed by atoms with Crippen molar-refractivity contribution in [1.29, 1.82) is 10.8 Å². The molecule has 0 radical (unpaired) electrons. The summed E-state index contributed by atoms with van der Waals surface area (Å²) in [5.74, 6) is 0. The number of aromatic nitrogens is 1. The molecule has 2 aromatic rings. The number of nitrogens with one attached hydrogen (secondary N) is 3. The van der Waals surface area contributed by atoms with Gasteiger partial charge in [-0.15, -0.1) is 0 Å². The summed E-state index contributed by atoms with van der Waals surface area (Å²) in [5.41, 5.74) is 12.1. The summed E-state index contributed by atoms with van der Waals surface area (Å²) in [5, 5.41) is 28.5. The molecular formula is C19H23N5O. The highest BCUT2D eigenvalue weighted by atomic mass is 16.3. The Labute approximate surface area is 146 Å². The van der Waals surface area contributed by atoms with Crippen molar-refractivity contribution in [3.63, 3.8) is 0 Å². The number of aliphatic hydroxyl groups excluding tert-OH is 1. The smallest absolute Gasteiger partial charge is 0.0774 e. The Balaban J connectivity index is 2.27. The molecule has 0 fully saturated rings. The number of nitrogens with two attached hydrogens (primary N) is 1. The molecule has 6 heteroatoms. The highest BCUT2D eigenvalue weighted by Gasteiger charge is 2.21. The molecular weight excluding hydrogens is 314 g/mol. The first kappa shape index (κ1) is 17.1. The molecule has 6 N–H and O–H groups in total. The van der Waals surface area contributed by atoms with Crippen LogP contribution in [-0.4, -0.2) is 35.7 Å². The first-order chi connectivity index (χ1) is 12.2. The zero-order chi connectivity index (χ0) is 17.8. The van der Waals surface area contributed by atoms with E-state index in [1.165, 1.54) is 18.0 Å². The van der Waals surface area contributed by atoms with Gasteiger partial charge < -0.3 is 27.0 Å². The van der Waals surface area contributed by atoms with E-state index in [9.17, 15) is 0 Å². The van der Waals surface area contributed by atoms with E-state index in [4.69, 9.17) is 26.6 Å². The number of nitrogens with zero attached hydrogens (tertiary/aromatic N) is 1. The number of nitrogen functional groups attached to an aromatic ring is 1. The number of aliphatic hydroxyl groups is 1. The standard InChI is InChI=1S/C19H23N5O/c20-9-12(11-23-7-8-25)19-14-4-2-1-3-13(14)18-15(10-21)16(22)5-6-17(18)24-19/h5-6,9-11,20-21,23,25H,1-4,7-8,22H2/b12-11+,20-9?,21-10?. The molecule has 0 bridgehead atoms. The van der Waals surface area contributed by atoms with Gasteiger partial charge in [0.2, 0.25) is 0 Å². The number of rotatable bonds is 6. The molecule has 0 aliphatic heterocycles. The lowest BCUT2D eigenvalue weighted by molar-refractivity contribution is 0.298. The Hall–Kier alpha value is -2.73. The zero-order valence-corrected chi connectivity index (χ0v) is 14.1. The van der Waals surface area contributed by atoms with Crippen LogP contribution in [-0.2, 0) is 12.8 Å². The fraction of sp³-hybridized carbons (Fsp3) is 0.316. The second kappa shape index (κ2) is 7.44. The molecule has 1 aliphatic rings. The molecule has 3 rings (SSSR count). The normalized spacial score (nSPS) is 14.2. The van der Waals surface area contributed by atoms with Gasteiger partial charge in [-0.05, 0) is 48.9 Å². The predicted molar refractivity (Wildman–Crippen MR) is 103 cm³/mol. The molecule has 1 heterocycles. The molecule has 25 heavy (non-hydrogen) atoms. The molecule has 130 valence electrons. The van der Waals surface area contributed by atoms with Gasteiger partial charge in [0, 0.05) is 47.4 Å². The van der Waals surface area contributed by atoms with E-state index in [0.717, 1.165) is 53.4 Å². The summed E-state index contributed by atoms with van der Waals surface area (Å²) in [7, 11) is 0. The number of anilines is 1. The van der Waals surface area contributed by atoms with Gasteiger partial charge in [-0.25, -0.2) is 4.98 Å². The van der Waals surface area contributed by atoms with Crippen LogP contribution in [0.4, 0.5) is 5.69 Å². The first-order valence-corrected chi connectivity index (χ1v) is 8.51. The predicted octanol–water partition coefficient (Wildman–Crippen LogP) is 2.27. The third-order valence-corrected chi connectivity index (χ3v) is 4.63. The number of benzene rings is 1. The van der Waals surface area contributed by atoms with Gasteiger partial charge >= 0.3 is 0 Å². The van der Waals surface area contributed by atoms with Gasteiger partial charge in [0.1, 0.15) is 0 Å². The SMILES string of the molecule is N=C/C(=C\NCCO)c1nc2ccc(N)c(C=N)c2c2c1CCCC2. The summed E-state index contributed by atoms with van der Waals surface area (Å²) in [6.45, 7) is 0.467. The van der Waals surface area contributed by atoms with Crippen molar-refractivity contribution in [3.05, 3.63) is 40.7 Å². The van der Waals surface area contributed by atoms with Gasteiger partial charge in [0.05, 0.1) is 17.8 Å². The van der Waals surface area contributed by atoms with Crippen molar-refractivity contribution >= 4 is 34.6 Å². The first-order valence-electron chi connectivity index (χ1n) is 8.51. The minimum Gasteiger partial charge on any atom is -0.398 e. The fourth-order valence-electron chi connectivity index (χ4n) is 3.48. The minimum atomic E-state index is 0.0347. The van der Waals surface area contributed by atoms with Crippen LogP contribution in [0.5, 0.6) is 0 Å². The van der Waals surface area contributed by atoms with Crippen LogP contribution in [0.25, 0.3) is 16.5 Å². The van der Waals surface area contributed by atoms with E-state index < -0.39 is 0 Å². The van der Waals surface area contributed by atoms with Crippen molar-refractivity contribution in [2.24, 2.45) is 0 Å². The largest absolute Gasteiger partial charge is 0.398 e. The van der Waals surface area contributed by atoms with Crippen molar-refractivity contribution < 1.29 is 5.11 Å². The third-order valence-electron chi connectivity index (χ3n) is 4.63. The van der Waals surface area contributed by atoms with Crippen molar-refractivity contribution in [3.8, 4) is 0 Å². The van der Waals surface area contributed by atoms with E-state index in [1.807, 2.05) is 6.07 Å². The summed E-state index contributed by atoms with van der Waals surface area (Å²) in [6.07, 6.45) is 8.37. The number of allylic oxidation sites excluding steroid dienone is 1. The lowest BCUT2D eigenvalue weighted by Crippen LogP contribution is -2.15. The second-order valence-corrected chi connectivity index (χ2v) is 6.15. The maximum absolute atomic E-state index is 8.94. The van der Waals surface area contributed by atoms with Gasteiger partial charge in [0.25, 0.3) is 0 Å². The van der Waals surface area contributed by atoms with E-state index in [0.29, 0.717) is 17.8 Å². The minimum absolute atomic E-state index is 0.0347. The molecule has 6 nitrogen and oxygen atoms in total. The number of hydrogen-bond donors (Lipinski definition) is 5. The molecule has 0 saturated heterocycles. The Kier molecular flexibility index (Phi) is 5.09. The molecule has 1 aliphatic carbocycles. The van der Waals surface area contributed by atoms with Crippen LogP contribution < -0.4 is 11.1 Å². The van der Waals surface area contributed by atoms with Crippen molar-refractivity contribution in [2.45, 2.75) is 25.7 Å². The van der Waals surface area contributed by atoms with E-state index >= 15 is 0 Å². The fourth-order valence-corrected chi connectivity index (χ4v) is 3.48. The number of aryl methyl sites for hydroxylation is 1. The van der Waals surface area contributed by atoms with Crippen molar-refractivity contribution in [1.82, 2.24) is 10.3 Å². The summed E-state index contributed by atoms with van der Waals surface area (Å²) in [4.78, 5) is 4.81. The zero-order valence-electron chi connectivity index (χ0n) is 14.1. The van der Waals surface area contributed by atoms with Crippen LogP contribution in [0.1, 0.15) is 35.2 Å². The highest BCUT2D eigenvalue weighted by molar-refractivity contribution is 6.10. The Morgan fingerprint density at radius 1 is 1.24 bits per heavy atom. The van der Waals surface area contributed by atoms with Crippen LogP contribution >= 0.6 is 0 Å².